The molecule has 0 bridgehead atoms. The van der Waals surface area contributed by atoms with Gasteiger partial charge in [-0.05, 0) is 49.2 Å². The number of carboxylic acid groups (broad SMARTS) is 1. The molecule has 0 aliphatic heterocycles. The van der Waals surface area contributed by atoms with Gasteiger partial charge in [-0.15, -0.1) is 0 Å². The molecule has 2 N–H and O–H groups in total. The first-order valence-corrected chi connectivity index (χ1v) is 10.2. The van der Waals surface area contributed by atoms with E-state index in [9.17, 15) is 9.90 Å². The third kappa shape index (κ3) is 4.66. The molecular weight excluding hydrogens is 440 g/mol. The molecule has 2 aromatic carbocycles. The van der Waals surface area contributed by atoms with Gasteiger partial charge in [0.25, 0.3) is 0 Å². The SMILES string of the molecule is Cc1c(CNCc2cccc(Br)c2)c(C(=O)O)c(C)n1Cc1cccc(Cl)c1. The lowest BCUT2D eigenvalue weighted by Gasteiger charge is -2.11. The fourth-order valence-corrected chi connectivity index (χ4v) is 4.14. The highest BCUT2D eigenvalue weighted by atomic mass is 79.9. The first-order valence-electron chi connectivity index (χ1n) is 8.98. The van der Waals surface area contributed by atoms with Crippen molar-refractivity contribution < 1.29 is 9.90 Å². The third-order valence-electron chi connectivity index (χ3n) is 4.87. The Hall–Kier alpha value is -2.08. The second-order valence-electron chi connectivity index (χ2n) is 6.78. The lowest BCUT2D eigenvalue weighted by Crippen LogP contribution is -2.15. The molecular formula is C22H22BrClN2O2. The van der Waals surface area contributed by atoms with Crippen molar-refractivity contribution in [3.8, 4) is 0 Å². The molecule has 0 atom stereocenters. The molecule has 3 rings (SSSR count). The second kappa shape index (κ2) is 8.95. The minimum atomic E-state index is -0.898. The molecule has 0 radical (unpaired) electrons. The number of rotatable bonds is 7. The van der Waals surface area contributed by atoms with Gasteiger partial charge >= 0.3 is 5.97 Å². The molecule has 4 nitrogen and oxygen atoms in total. The monoisotopic (exact) mass is 460 g/mol. The van der Waals surface area contributed by atoms with Crippen molar-refractivity contribution in [2.24, 2.45) is 0 Å². The van der Waals surface area contributed by atoms with Crippen LogP contribution in [0.2, 0.25) is 5.02 Å². The minimum Gasteiger partial charge on any atom is -0.478 e. The van der Waals surface area contributed by atoms with E-state index in [2.05, 4.69) is 21.2 Å². The Kier molecular flexibility index (Phi) is 6.60. The molecule has 0 spiro atoms. The standard InChI is InChI=1S/C22H22BrClN2O2/c1-14-20(12-25-11-16-5-3-7-18(23)9-16)21(22(27)28)15(2)26(14)13-17-6-4-8-19(24)10-17/h3-10,25H,11-13H2,1-2H3,(H,27,28). The van der Waals surface area contributed by atoms with Crippen LogP contribution in [0.5, 0.6) is 0 Å². The Morgan fingerprint density at radius 2 is 1.79 bits per heavy atom. The maximum absolute atomic E-state index is 11.9. The molecule has 28 heavy (non-hydrogen) atoms. The zero-order valence-corrected chi connectivity index (χ0v) is 18.1. The van der Waals surface area contributed by atoms with E-state index < -0.39 is 5.97 Å². The fraction of sp³-hybridized carbons (Fsp3) is 0.227. The van der Waals surface area contributed by atoms with Crippen LogP contribution >= 0.6 is 27.5 Å². The first kappa shape index (κ1) is 20.6. The highest BCUT2D eigenvalue weighted by Crippen LogP contribution is 2.25. The Balaban J connectivity index is 1.84. The highest BCUT2D eigenvalue weighted by molar-refractivity contribution is 9.10. The number of nitrogens with zero attached hydrogens (tertiary/aromatic N) is 1. The van der Waals surface area contributed by atoms with Crippen molar-refractivity contribution in [3.63, 3.8) is 0 Å². The van der Waals surface area contributed by atoms with E-state index in [4.69, 9.17) is 11.6 Å². The lowest BCUT2D eigenvalue weighted by molar-refractivity contribution is 0.0694. The van der Waals surface area contributed by atoms with Gasteiger partial charge in [0.15, 0.2) is 0 Å². The number of halogens is 2. The zero-order valence-electron chi connectivity index (χ0n) is 15.8. The Morgan fingerprint density at radius 3 is 2.46 bits per heavy atom. The molecule has 0 aliphatic rings. The van der Waals surface area contributed by atoms with Crippen molar-refractivity contribution in [2.75, 3.05) is 0 Å². The van der Waals surface area contributed by atoms with Crippen LogP contribution in [0.15, 0.2) is 53.0 Å². The molecule has 0 aliphatic carbocycles. The lowest BCUT2D eigenvalue weighted by atomic mass is 10.1. The van der Waals surface area contributed by atoms with Crippen molar-refractivity contribution in [1.29, 1.82) is 0 Å². The fourth-order valence-electron chi connectivity index (χ4n) is 3.48. The Morgan fingerprint density at radius 1 is 1.07 bits per heavy atom. The number of hydrogen-bond donors (Lipinski definition) is 2. The van der Waals surface area contributed by atoms with Gasteiger partial charge in [0.1, 0.15) is 0 Å². The van der Waals surface area contributed by atoms with E-state index in [0.29, 0.717) is 30.2 Å². The smallest absolute Gasteiger partial charge is 0.337 e. The summed E-state index contributed by atoms with van der Waals surface area (Å²) in [4.78, 5) is 11.9. The number of hydrogen-bond acceptors (Lipinski definition) is 2. The number of carbonyl (C=O) groups is 1. The summed E-state index contributed by atoms with van der Waals surface area (Å²) < 4.78 is 3.07. The molecule has 6 heteroatoms. The van der Waals surface area contributed by atoms with Gasteiger partial charge in [-0.25, -0.2) is 4.79 Å². The summed E-state index contributed by atoms with van der Waals surface area (Å²) in [6.07, 6.45) is 0. The number of benzene rings is 2. The molecule has 0 unspecified atom stereocenters. The maximum Gasteiger partial charge on any atom is 0.337 e. The summed E-state index contributed by atoms with van der Waals surface area (Å²) >= 11 is 9.57. The van der Waals surface area contributed by atoms with E-state index in [1.165, 1.54) is 0 Å². The summed E-state index contributed by atoms with van der Waals surface area (Å²) in [7, 11) is 0. The van der Waals surface area contributed by atoms with Crippen molar-refractivity contribution in [3.05, 3.63) is 91.7 Å². The third-order valence-corrected chi connectivity index (χ3v) is 5.60. The molecule has 0 amide bonds. The van der Waals surface area contributed by atoms with Gasteiger partial charge in [0, 0.05) is 46.1 Å². The minimum absolute atomic E-state index is 0.376. The van der Waals surface area contributed by atoms with Crippen molar-refractivity contribution >= 4 is 33.5 Å². The summed E-state index contributed by atoms with van der Waals surface area (Å²) in [6, 6.07) is 15.7. The zero-order chi connectivity index (χ0) is 20.3. The van der Waals surface area contributed by atoms with Crippen LogP contribution in [0.1, 0.15) is 38.4 Å². The average molecular weight is 462 g/mol. The van der Waals surface area contributed by atoms with Gasteiger partial charge in [-0.1, -0.05) is 51.8 Å². The van der Waals surface area contributed by atoms with Gasteiger partial charge in [-0.3, -0.25) is 0 Å². The summed E-state index contributed by atoms with van der Waals surface area (Å²) in [5, 5.41) is 13.8. The van der Waals surface area contributed by atoms with E-state index in [-0.39, 0.29) is 0 Å². The largest absolute Gasteiger partial charge is 0.478 e. The quantitative estimate of drug-likeness (QED) is 0.484. The normalized spacial score (nSPS) is 11.0. The van der Waals surface area contributed by atoms with Crippen LogP contribution in [-0.4, -0.2) is 15.6 Å². The van der Waals surface area contributed by atoms with Crippen LogP contribution in [0.3, 0.4) is 0 Å². The van der Waals surface area contributed by atoms with E-state index in [1.54, 1.807) is 0 Å². The molecule has 1 aromatic heterocycles. The average Bonchev–Trinajstić information content (AvgIpc) is 2.86. The molecule has 0 saturated carbocycles. The van der Waals surface area contributed by atoms with Crippen LogP contribution < -0.4 is 5.32 Å². The number of nitrogens with one attached hydrogen (secondary N) is 1. The van der Waals surface area contributed by atoms with Gasteiger partial charge in [-0.2, -0.15) is 0 Å². The molecule has 0 saturated heterocycles. The summed E-state index contributed by atoms with van der Waals surface area (Å²) in [5.74, 6) is -0.898. The first-order chi connectivity index (χ1) is 13.4. The highest BCUT2D eigenvalue weighted by Gasteiger charge is 2.22. The predicted octanol–water partition coefficient (Wildman–Crippen LogP) is 5.56. The number of aromatic nitrogens is 1. The number of aromatic carboxylic acids is 1. The summed E-state index contributed by atoms with van der Waals surface area (Å²) in [5.41, 5.74) is 5.09. The van der Waals surface area contributed by atoms with E-state index in [1.807, 2.05) is 66.9 Å². The van der Waals surface area contributed by atoms with Crippen LogP contribution in [0.25, 0.3) is 0 Å². The molecule has 0 fully saturated rings. The second-order valence-corrected chi connectivity index (χ2v) is 8.13. The number of carboxylic acids is 1. The van der Waals surface area contributed by atoms with Crippen LogP contribution in [-0.2, 0) is 19.6 Å². The van der Waals surface area contributed by atoms with Crippen LogP contribution in [0, 0.1) is 13.8 Å². The van der Waals surface area contributed by atoms with Gasteiger partial charge < -0.3 is 15.0 Å². The van der Waals surface area contributed by atoms with Crippen LogP contribution in [0.4, 0.5) is 0 Å². The summed E-state index contributed by atoms with van der Waals surface area (Å²) in [6.45, 7) is 5.57. The Bertz CT molecular complexity index is 1010. The topological polar surface area (TPSA) is 54.3 Å². The van der Waals surface area contributed by atoms with Crippen molar-refractivity contribution in [2.45, 2.75) is 33.5 Å². The van der Waals surface area contributed by atoms with E-state index in [0.717, 1.165) is 32.6 Å². The van der Waals surface area contributed by atoms with Gasteiger partial charge in [0.2, 0.25) is 0 Å². The molecule has 1 heterocycles. The van der Waals surface area contributed by atoms with Gasteiger partial charge in [0.05, 0.1) is 5.56 Å². The maximum atomic E-state index is 11.9. The van der Waals surface area contributed by atoms with E-state index >= 15 is 0 Å². The predicted molar refractivity (Wildman–Crippen MR) is 116 cm³/mol. The Labute approximate surface area is 178 Å². The van der Waals surface area contributed by atoms with Crippen molar-refractivity contribution in [1.82, 2.24) is 9.88 Å². The molecule has 3 aromatic rings. The molecule has 146 valence electrons.